The Kier molecular flexibility index (Phi) is 2.68. The predicted octanol–water partition coefficient (Wildman–Crippen LogP) is 0.824. The molecule has 0 aliphatic heterocycles. The zero-order valence-electron chi connectivity index (χ0n) is 7.12. The number of hydrogen-bond acceptors (Lipinski definition) is 3. The van der Waals surface area contributed by atoms with Crippen LogP contribution in [0.25, 0.3) is 0 Å². The van der Waals surface area contributed by atoms with Crippen molar-refractivity contribution in [1.82, 2.24) is 0 Å². The summed E-state index contributed by atoms with van der Waals surface area (Å²) in [6.45, 7) is 1.53. The summed E-state index contributed by atoms with van der Waals surface area (Å²) in [5.74, 6) is -0.909. The molecule has 0 aliphatic carbocycles. The molecule has 0 spiro atoms. The molecular weight excluding hydrogens is 193 g/mol. The molecular formula is C8H10FNO2S. The molecule has 0 unspecified atom stereocenters. The zero-order chi connectivity index (χ0) is 10.1. The van der Waals surface area contributed by atoms with Gasteiger partial charge in [0.25, 0.3) is 0 Å². The van der Waals surface area contributed by atoms with Gasteiger partial charge in [0, 0.05) is 0 Å². The highest BCUT2D eigenvalue weighted by molar-refractivity contribution is 7.91. The van der Waals surface area contributed by atoms with Crippen LogP contribution in [0, 0.1) is 12.7 Å². The summed E-state index contributed by atoms with van der Waals surface area (Å²) in [5, 5.41) is 0. The molecule has 2 N–H and O–H groups in total. The van der Waals surface area contributed by atoms with Crippen molar-refractivity contribution >= 4 is 9.84 Å². The molecule has 0 bridgehead atoms. The lowest BCUT2D eigenvalue weighted by atomic mass is 10.2. The summed E-state index contributed by atoms with van der Waals surface area (Å²) in [5.41, 5.74) is 5.44. The fourth-order valence-electron chi connectivity index (χ4n) is 1.05. The first-order valence-electron chi connectivity index (χ1n) is 3.66. The Bertz CT molecular complexity index is 414. The maximum atomic E-state index is 12.6. The molecule has 0 saturated heterocycles. The van der Waals surface area contributed by atoms with Crippen LogP contribution >= 0.6 is 0 Å². The largest absolute Gasteiger partial charge is 0.317 e. The van der Waals surface area contributed by atoms with E-state index in [0.717, 1.165) is 6.07 Å². The molecule has 0 saturated carbocycles. The lowest BCUT2D eigenvalue weighted by Crippen LogP contribution is -2.15. The third-order valence-corrected chi connectivity index (χ3v) is 3.26. The number of halogens is 1. The quantitative estimate of drug-likeness (QED) is 0.724. The van der Waals surface area contributed by atoms with Gasteiger partial charge in [0.1, 0.15) is 11.7 Å². The van der Waals surface area contributed by atoms with Crippen molar-refractivity contribution in [2.75, 3.05) is 5.88 Å². The van der Waals surface area contributed by atoms with E-state index in [-0.39, 0.29) is 4.90 Å². The second kappa shape index (κ2) is 3.43. The first kappa shape index (κ1) is 10.1. The number of nitrogens with two attached hydrogens (primary N) is 1. The number of sulfone groups is 1. The topological polar surface area (TPSA) is 60.2 Å². The van der Waals surface area contributed by atoms with E-state index in [0.29, 0.717) is 5.56 Å². The van der Waals surface area contributed by atoms with Gasteiger partial charge in [-0.25, -0.2) is 12.8 Å². The van der Waals surface area contributed by atoms with Gasteiger partial charge in [-0.05, 0) is 30.7 Å². The number of rotatable bonds is 2. The van der Waals surface area contributed by atoms with Crippen molar-refractivity contribution < 1.29 is 12.8 Å². The summed E-state index contributed by atoms with van der Waals surface area (Å²) in [6.07, 6.45) is 0. The molecule has 5 heteroatoms. The van der Waals surface area contributed by atoms with Crippen LogP contribution in [-0.4, -0.2) is 14.3 Å². The fourth-order valence-corrected chi connectivity index (χ4v) is 2.06. The van der Waals surface area contributed by atoms with Gasteiger partial charge in [0.05, 0.1) is 4.90 Å². The van der Waals surface area contributed by atoms with Crippen LogP contribution in [0.2, 0.25) is 0 Å². The fraction of sp³-hybridized carbons (Fsp3) is 0.250. The Morgan fingerprint density at radius 2 is 2.08 bits per heavy atom. The van der Waals surface area contributed by atoms with E-state index in [4.69, 9.17) is 5.73 Å². The summed E-state index contributed by atoms with van der Waals surface area (Å²) in [4.78, 5) is 0.0939. The van der Waals surface area contributed by atoms with Crippen LogP contribution in [0.3, 0.4) is 0 Å². The SMILES string of the molecule is Cc1cc(F)ccc1S(=O)(=O)CN. The van der Waals surface area contributed by atoms with Gasteiger partial charge < -0.3 is 5.73 Å². The number of hydrogen-bond donors (Lipinski definition) is 1. The minimum atomic E-state index is -3.43. The Balaban J connectivity index is 3.33. The minimum absolute atomic E-state index is 0.0939. The summed E-state index contributed by atoms with van der Waals surface area (Å²) in [6, 6.07) is 3.50. The monoisotopic (exact) mass is 203 g/mol. The molecule has 0 aromatic heterocycles. The Labute approximate surface area is 76.3 Å². The molecule has 0 aliphatic rings. The molecule has 0 heterocycles. The second-order valence-electron chi connectivity index (χ2n) is 2.69. The highest BCUT2D eigenvalue weighted by Gasteiger charge is 2.14. The number of benzene rings is 1. The van der Waals surface area contributed by atoms with Gasteiger partial charge in [-0.15, -0.1) is 0 Å². The minimum Gasteiger partial charge on any atom is -0.317 e. The first-order chi connectivity index (χ1) is 5.97. The van der Waals surface area contributed by atoms with Crippen LogP contribution in [0.1, 0.15) is 5.56 Å². The zero-order valence-corrected chi connectivity index (χ0v) is 7.94. The van der Waals surface area contributed by atoms with Crippen molar-refractivity contribution in [3.63, 3.8) is 0 Å². The molecule has 3 nitrogen and oxygen atoms in total. The molecule has 13 heavy (non-hydrogen) atoms. The number of aryl methyl sites for hydroxylation is 1. The lowest BCUT2D eigenvalue weighted by molar-refractivity contribution is 0.594. The van der Waals surface area contributed by atoms with E-state index in [1.54, 1.807) is 0 Å². The molecule has 1 aromatic rings. The third-order valence-electron chi connectivity index (χ3n) is 1.69. The van der Waals surface area contributed by atoms with E-state index in [1.807, 2.05) is 0 Å². The molecule has 0 atom stereocenters. The molecule has 0 amide bonds. The van der Waals surface area contributed by atoms with Gasteiger partial charge in [-0.1, -0.05) is 0 Å². The summed E-state index contributed by atoms with van der Waals surface area (Å²) < 4.78 is 35.2. The van der Waals surface area contributed by atoms with E-state index >= 15 is 0 Å². The van der Waals surface area contributed by atoms with Gasteiger partial charge in [0.2, 0.25) is 0 Å². The highest BCUT2D eigenvalue weighted by Crippen LogP contribution is 2.16. The van der Waals surface area contributed by atoms with Crippen LogP contribution in [0.5, 0.6) is 0 Å². The third kappa shape index (κ3) is 2.05. The smallest absolute Gasteiger partial charge is 0.191 e. The van der Waals surface area contributed by atoms with Crippen LogP contribution in [0.15, 0.2) is 23.1 Å². The van der Waals surface area contributed by atoms with Crippen molar-refractivity contribution in [3.8, 4) is 0 Å². The van der Waals surface area contributed by atoms with E-state index in [1.165, 1.54) is 19.1 Å². The Morgan fingerprint density at radius 1 is 1.46 bits per heavy atom. The standard InChI is InChI=1S/C8H10FNO2S/c1-6-4-7(9)2-3-8(6)13(11,12)5-10/h2-4H,5,10H2,1H3. The van der Waals surface area contributed by atoms with Crippen LogP contribution in [0.4, 0.5) is 4.39 Å². The Hall–Kier alpha value is -0.940. The average molecular weight is 203 g/mol. The van der Waals surface area contributed by atoms with Crippen molar-refractivity contribution in [2.24, 2.45) is 5.73 Å². The van der Waals surface area contributed by atoms with E-state index in [9.17, 15) is 12.8 Å². The second-order valence-corrected chi connectivity index (χ2v) is 4.69. The maximum Gasteiger partial charge on any atom is 0.191 e. The summed E-state index contributed by atoms with van der Waals surface area (Å²) >= 11 is 0. The normalized spacial score (nSPS) is 11.6. The Morgan fingerprint density at radius 3 is 2.54 bits per heavy atom. The van der Waals surface area contributed by atoms with Gasteiger partial charge in [-0.3, -0.25) is 0 Å². The molecule has 72 valence electrons. The molecule has 0 radical (unpaired) electrons. The van der Waals surface area contributed by atoms with Crippen LogP contribution in [-0.2, 0) is 9.84 Å². The molecule has 1 aromatic carbocycles. The van der Waals surface area contributed by atoms with Crippen molar-refractivity contribution in [1.29, 1.82) is 0 Å². The van der Waals surface area contributed by atoms with Gasteiger partial charge in [-0.2, -0.15) is 0 Å². The van der Waals surface area contributed by atoms with Gasteiger partial charge >= 0.3 is 0 Å². The first-order valence-corrected chi connectivity index (χ1v) is 5.31. The molecule has 1 rings (SSSR count). The lowest BCUT2D eigenvalue weighted by Gasteiger charge is -2.04. The predicted molar refractivity (Wildman–Crippen MR) is 47.4 cm³/mol. The van der Waals surface area contributed by atoms with Crippen molar-refractivity contribution in [3.05, 3.63) is 29.6 Å². The maximum absolute atomic E-state index is 12.6. The average Bonchev–Trinajstić information content (AvgIpc) is 2.03. The van der Waals surface area contributed by atoms with Crippen molar-refractivity contribution in [2.45, 2.75) is 11.8 Å². The van der Waals surface area contributed by atoms with Crippen LogP contribution < -0.4 is 5.73 Å². The van der Waals surface area contributed by atoms with E-state index in [2.05, 4.69) is 0 Å². The summed E-state index contributed by atoms with van der Waals surface area (Å²) in [7, 11) is -3.43. The molecule has 0 fully saturated rings. The highest BCUT2D eigenvalue weighted by atomic mass is 32.2. The van der Waals surface area contributed by atoms with E-state index < -0.39 is 21.5 Å². The van der Waals surface area contributed by atoms with Gasteiger partial charge in [0.15, 0.2) is 9.84 Å².